The lowest BCUT2D eigenvalue weighted by molar-refractivity contribution is -0.115. The standard InChI is InChI=1S/C20H26N2O2/c1-4-15-9-8-10-16(5-2)20(15)22-19(23)13-14-21-17-11-6-7-12-18(17)24-3/h6-12,21H,4-5,13-14H2,1-3H3,(H,22,23). The predicted molar refractivity (Wildman–Crippen MR) is 99.9 cm³/mol. The van der Waals surface area contributed by atoms with E-state index >= 15 is 0 Å². The van der Waals surface area contributed by atoms with Crippen LogP contribution in [0.1, 0.15) is 31.4 Å². The second-order valence-corrected chi connectivity index (χ2v) is 5.58. The number of nitrogens with one attached hydrogen (secondary N) is 2. The molecule has 0 fully saturated rings. The van der Waals surface area contributed by atoms with E-state index < -0.39 is 0 Å². The number of rotatable bonds is 8. The Morgan fingerprint density at radius 1 is 1.00 bits per heavy atom. The molecule has 2 aromatic rings. The molecule has 0 aliphatic carbocycles. The minimum Gasteiger partial charge on any atom is -0.495 e. The number of hydrogen-bond acceptors (Lipinski definition) is 3. The highest BCUT2D eigenvalue weighted by molar-refractivity contribution is 5.92. The normalized spacial score (nSPS) is 10.3. The molecular weight excluding hydrogens is 300 g/mol. The maximum absolute atomic E-state index is 12.3. The van der Waals surface area contributed by atoms with Crippen molar-refractivity contribution < 1.29 is 9.53 Å². The van der Waals surface area contributed by atoms with Gasteiger partial charge in [-0.3, -0.25) is 4.79 Å². The zero-order chi connectivity index (χ0) is 17.4. The fourth-order valence-corrected chi connectivity index (χ4v) is 2.71. The van der Waals surface area contributed by atoms with Crippen molar-refractivity contribution in [3.05, 3.63) is 53.6 Å². The van der Waals surface area contributed by atoms with Crippen molar-refractivity contribution in [3.63, 3.8) is 0 Å². The summed E-state index contributed by atoms with van der Waals surface area (Å²) in [5.41, 5.74) is 4.24. The average molecular weight is 326 g/mol. The predicted octanol–water partition coefficient (Wildman–Crippen LogP) is 4.26. The summed E-state index contributed by atoms with van der Waals surface area (Å²) in [6.45, 7) is 4.77. The molecule has 0 atom stereocenters. The van der Waals surface area contributed by atoms with Gasteiger partial charge >= 0.3 is 0 Å². The summed E-state index contributed by atoms with van der Waals surface area (Å²) in [7, 11) is 1.64. The summed E-state index contributed by atoms with van der Waals surface area (Å²) in [5, 5.41) is 6.34. The number of anilines is 2. The van der Waals surface area contributed by atoms with Gasteiger partial charge in [0.15, 0.2) is 0 Å². The van der Waals surface area contributed by atoms with Crippen molar-refractivity contribution >= 4 is 17.3 Å². The monoisotopic (exact) mass is 326 g/mol. The smallest absolute Gasteiger partial charge is 0.226 e. The number of methoxy groups -OCH3 is 1. The van der Waals surface area contributed by atoms with Crippen molar-refractivity contribution in [1.82, 2.24) is 0 Å². The molecule has 24 heavy (non-hydrogen) atoms. The van der Waals surface area contributed by atoms with Crippen molar-refractivity contribution in [2.75, 3.05) is 24.3 Å². The maximum Gasteiger partial charge on any atom is 0.226 e. The summed E-state index contributed by atoms with van der Waals surface area (Å²) < 4.78 is 5.30. The number of carbonyl (C=O) groups excluding carboxylic acids is 1. The minimum atomic E-state index is 0.0213. The lowest BCUT2D eigenvalue weighted by atomic mass is 10.0. The summed E-state index contributed by atoms with van der Waals surface area (Å²) in [5.74, 6) is 0.801. The highest BCUT2D eigenvalue weighted by Gasteiger charge is 2.10. The van der Waals surface area contributed by atoms with Crippen molar-refractivity contribution in [1.29, 1.82) is 0 Å². The number of para-hydroxylation sites is 3. The second kappa shape index (κ2) is 8.96. The quantitative estimate of drug-likeness (QED) is 0.762. The fraction of sp³-hybridized carbons (Fsp3) is 0.350. The largest absolute Gasteiger partial charge is 0.495 e. The summed E-state index contributed by atoms with van der Waals surface area (Å²) in [4.78, 5) is 12.3. The van der Waals surface area contributed by atoms with E-state index in [4.69, 9.17) is 4.74 Å². The maximum atomic E-state index is 12.3. The highest BCUT2D eigenvalue weighted by Crippen LogP contribution is 2.24. The van der Waals surface area contributed by atoms with Crippen LogP contribution in [0.25, 0.3) is 0 Å². The number of ether oxygens (including phenoxy) is 1. The van der Waals surface area contributed by atoms with Gasteiger partial charge in [-0.2, -0.15) is 0 Å². The van der Waals surface area contributed by atoms with Crippen LogP contribution in [0, 0.1) is 0 Å². The lowest BCUT2D eigenvalue weighted by Gasteiger charge is -2.15. The van der Waals surface area contributed by atoms with E-state index in [-0.39, 0.29) is 5.91 Å². The molecule has 4 heteroatoms. The lowest BCUT2D eigenvalue weighted by Crippen LogP contribution is -2.18. The Kier molecular flexibility index (Phi) is 6.67. The van der Waals surface area contributed by atoms with Gasteiger partial charge in [0, 0.05) is 18.7 Å². The number of hydrogen-bond donors (Lipinski definition) is 2. The molecule has 0 saturated carbocycles. The molecule has 0 aliphatic rings. The SMILES string of the molecule is CCc1cccc(CC)c1NC(=O)CCNc1ccccc1OC. The molecule has 2 rings (SSSR count). The van der Waals surface area contributed by atoms with Crippen LogP contribution in [-0.2, 0) is 17.6 Å². The van der Waals surface area contributed by atoms with Crippen LogP contribution in [0.2, 0.25) is 0 Å². The molecule has 0 aromatic heterocycles. The van der Waals surface area contributed by atoms with Crippen LogP contribution in [0.3, 0.4) is 0 Å². The molecule has 128 valence electrons. The van der Waals surface area contributed by atoms with Crippen molar-refractivity contribution in [2.45, 2.75) is 33.1 Å². The number of carbonyl (C=O) groups is 1. The molecule has 0 unspecified atom stereocenters. The number of benzene rings is 2. The van der Waals surface area contributed by atoms with Gasteiger partial charge in [-0.15, -0.1) is 0 Å². The van der Waals surface area contributed by atoms with Gasteiger partial charge in [0.2, 0.25) is 5.91 Å². The van der Waals surface area contributed by atoms with Gasteiger partial charge in [0.1, 0.15) is 5.75 Å². The Morgan fingerprint density at radius 3 is 2.29 bits per heavy atom. The molecule has 2 aromatic carbocycles. The Hall–Kier alpha value is -2.49. The van der Waals surface area contributed by atoms with Crippen LogP contribution >= 0.6 is 0 Å². The van der Waals surface area contributed by atoms with E-state index in [2.05, 4.69) is 42.7 Å². The molecule has 0 saturated heterocycles. The average Bonchev–Trinajstić information content (AvgIpc) is 2.62. The van der Waals surface area contributed by atoms with E-state index in [9.17, 15) is 4.79 Å². The van der Waals surface area contributed by atoms with Crippen LogP contribution in [-0.4, -0.2) is 19.6 Å². The van der Waals surface area contributed by atoms with Crippen LogP contribution in [0.15, 0.2) is 42.5 Å². The van der Waals surface area contributed by atoms with Crippen molar-refractivity contribution in [3.8, 4) is 5.75 Å². The van der Waals surface area contributed by atoms with Crippen LogP contribution in [0.4, 0.5) is 11.4 Å². The second-order valence-electron chi connectivity index (χ2n) is 5.58. The minimum absolute atomic E-state index is 0.0213. The summed E-state index contributed by atoms with van der Waals surface area (Å²) >= 11 is 0. The first-order chi connectivity index (χ1) is 11.7. The van der Waals surface area contributed by atoms with Gasteiger partial charge in [-0.25, -0.2) is 0 Å². The zero-order valence-electron chi connectivity index (χ0n) is 14.7. The fourth-order valence-electron chi connectivity index (χ4n) is 2.71. The van der Waals surface area contributed by atoms with E-state index in [1.165, 1.54) is 11.1 Å². The van der Waals surface area contributed by atoms with Gasteiger partial charge in [0.25, 0.3) is 0 Å². The molecule has 0 aliphatic heterocycles. The Morgan fingerprint density at radius 2 is 1.67 bits per heavy atom. The third-order valence-corrected chi connectivity index (χ3v) is 4.04. The first kappa shape index (κ1) is 17.9. The Labute approximate surface area is 144 Å². The third-order valence-electron chi connectivity index (χ3n) is 4.04. The molecule has 0 radical (unpaired) electrons. The highest BCUT2D eigenvalue weighted by atomic mass is 16.5. The van der Waals surface area contributed by atoms with Gasteiger partial charge in [-0.05, 0) is 36.1 Å². The molecule has 4 nitrogen and oxygen atoms in total. The van der Waals surface area contributed by atoms with Crippen LogP contribution < -0.4 is 15.4 Å². The van der Waals surface area contributed by atoms with E-state index in [0.29, 0.717) is 13.0 Å². The molecular formula is C20H26N2O2. The van der Waals surface area contributed by atoms with Crippen molar-refractivity contribution in [2.24, 2.45) is 0 Å². The topological polar surface area (TPSA) is 50.4 Å². The molecule has 2 N–H and O–H groups in total. The molecule has 0 spiro atoms. The van der Waals surface area contributed by atoms with Gasteiger partial charge in [0.05, 0.1) is 12.8 Å². The van der Waals surface area contributed by atoms with Gasteiger partial charge < -0.3 is 15.4 Å². The molecule has 0 bridgehead atoms. The number of amides is 1. The Bertz CT molecular complexity index is 661. The molecule has 1 amide bonds. The summed E-state index contributed by atoms with van der Waals surface area (Å²) in [6.07, 6.45) is 2.21. The van der Waals surface area contributed by atoms with Gasteiger partial charge in [-0.1, -0.05) is 44.2 Å². The third kappa shape index (κ3) is 4.51. The first-order valence-electron chi connectivity index (χ1n) is 8.47. The Balaban J connectivity index is 1.95. The number of aryl methyl sites for hydroxylation is 2. The van der Waals surface area contributed by atoms with E-state index in [1.54, 1.807) is 7.11 Å². The van der Waals surface area contributed by atoms with E-state index in [1.807, 2.05) is 24.3 Å². The molecule has 0 heterocycles. The van der Waals surface area contributed by atoms with E-state index in [0.717, 1.165) is 30.0 Å². The zero-order valence-corrected chi connectivity index (χ0v) is 14.7. The first-order valence-corrected chi connectivity index (χ1v) is 8.47. The summed E-state index contributed by atoms with van der Waals surface area (Å²) in [6, 6.07) is 13.9. The van der Waals surface area contributed by atoms with Crippen LogP contribution in [0.5, 0.6) is 5.75 Å².